The van der Waals surface area contributed by atoms with Crippen LogP contribution in [0.2, 0.25) is 0 Å². The van der Waals surface area contributed by atoms with Crippen LogP contribution in [0.3, 0.4) is 0 Å². The van der Waals surface area contributed by atoms with Crippen LogP contribution in [0.1, 0.15) is 29.3 Å². The molecule has 2 aromatic rings. The Kier molecular flexibility index (Phi) is 2.54. The average Bonchev–Trinajstić information content (AvgIpc) is 2.71. The minimum absolute atomic E-state index is 0.507. The Morgan fingerprint density at radius 1 is 1.40 bits per heavy atom. The summed E-state index contributed by atoms with van der Waals surface area (Å²) < 4.78 is 1.70. The molecule has 0 aliphatic heterocycles. The van der Waals surface area contributed by atoms with E-state index in [-0.39, 0.29) is 0 Å². The van der Waals surface area contributed by atoms with Gasteiger partial charge in [0.05, 0.1) is 12.3 Å². The molecule has 1 atom stereocenters. The predicted molar refractivity (Wildman–Crippen MR) is 57.1 cm³/mol. The van der Waals surface area contributed by atoms with E-state index in [0.29, 0.717) is 0 Å². The zero-order valence-corrected chi connectivity index (χ0v) is 9.62. The number of aliphatic hydroxyl groups is 1. The normalized spacial score (nSPS) is 13.1. The third-order valence-electron chi connectivity index (χ3n) is 2.19. The number of hydrogen-bond donors (Lipinski definition) is 1. The Labute approximate surface area is 91.4 Å². The van der Waals surface area contributed by atoms with Crippen molar-refractivity contribution in [2.45, 2.75) is 26.9 Å². The molecule has 6 heteroatoms. The number of hydrogen-bond acceptors (Lipinski definition) is 5. The van der Waals surface area contributed by atoms with Crippen LogP contribution in [0.15, 0.2) is 6.20 Å². The summed E-state index contributed by atoms with van der Waals surface area (Å²) in [5.41, 5.74) is 1.73. The predicted octanol–water partition coefficient (Wildman–Crippen LogP) is 1.39. The second-order valence-electron chi connectivity index (χ2n) is 3.38. The van der Waals surface area contributed by atoms with Crippen molar-refractivity contribution in [2.24, 2.45) is 0 Å². The number of aromatic nitrogens is 4. The van der Waals surface area contributed by atoms with Crippen LogP contribution in [-0.2, 0) is 0 Å². The quantitative estimate of drug-likeness (QED) is 0.837. The van der Waals surface area contributed by atoms with Crippen LogP contribution >= 0.6 is 11.3 Å². The molecule has 0 aliphatic rings. The fourth-order valence-electron chi connectivity index (χ4n) is 1.40. The molecule has 2 rings (SSSR count). The molecule has 2 heterocycles. The second kappa shape index (κ2) is 3.71. The van der Waals surface area contributed by atoms with Crippen molar-refractivity contribution in [2.75, 3.05) is 0 Å². The molecule has 0 bridgehead atoms. The molecule has 15 heavy (non-hydrogen) atoms. The molecule has 0 aliphatic carbocycles. The lowest BCUT2D eigenvalue weighted by Gasteiger charge is -2.03. The Hall–Kier alpha value is -1.27. The Morgan fingerprint density at radius 3 is 2.60 bits per heavy atom. The van der Waals surface area contributed by atoms with Gasteiger partial charge in [-0.3, -0.25) is 0 Å². The van der Waals surface area contributed by atoms with Crippen LogP contribution < -0.4 is 0 Å². The maximum atomic E-state index is 9.48. The lowest BCUT2D eigenvalue weighted by atomic mass is 10.2. The standard InChI is InChI=1S/C9H12N4OS/c1-5-8(6(2)14)4-10-13(5)9-12-11-7(3)15-9/h4,6,14H,1-3H3. The molecule has 80 valence electrons. The fraction of sp³-hybridized carbons (Fsp3) is 0.444. The zero-order valence-electron chi connectivity index (χ0n) is 8.80. The van der Waals surface area contributed by atoms with Crippen LogP contribution in [-0.4, -0.2) is 25.1 Å². The van der Waals surface area contributed by atoms with E-state index in [4.69, 9.17) is 0 Å². The summed E-state index contributed by atoms with van der Waals surface area (Å²) in [7, 11) is 0. The van der Waals surface area contributed by atoms with E-state index in [9.17, 15) is 5.11 Å². The van der Waals surface area contributed by atoms with E-state index >= 15 is 0 Å². The molecular formula is C9H12N4OS. The second-order valence-corrected chi connectivity index (χ2v) is 4.54. The van der Waals surface area contributed by atoms with E-state index < -0.39 is 6.10 Å². The Balaban J connectivity index is 2.46. The fourth-order valence-corrected chi connectivity index (χ4v) is 2.10. The number of aryl methyl sites for hydroxylation is 1. The van der Waals surface area contributed by atoms with Crippen molar-refractivity contribution in [3.63, 3.8) is 0 Å². The van der Waals surface area contributed by atoms with Crippen molar-refractivity contribution in [1.82, 2.24) is 20.0 Å². The van der Waals surface area contributed by atoms with E-state index in [1.807, 2.05) is 13.8 Å². The maximum Gasteiger partial charge on any atom is 0.233 e. The lowest BCUT2D eigenvalue weighted by molar-refractivity contribution is 0.198. The smallest absolute Gasteiger partial charge is 0.233 e. The van der Waals surface area contributed by atoms with Gasteiger partial charge in [-0.05, 0) is 20.8 Å². The Morgan fingerprint density at radius 2 is 2.13 bits per heavy atom. The molecule has 0 saturated heterocycles. The maximum absolute atomic E-state index is 9.48. The highest BCUT2D eigenvalue weighted by molar-refractivity contribution is 7.13. The molecule has 2 aromatic heterocycles. The number of aliphatic hydroxyl groups excluding tert-OH is 1. The molecule has 1 unspecified atom stereocenters. The number of nitrogens with zero attached hydrogens (tertiary/aromatic N) is 4. The summed E-state index contributed by atoms with van der Waals surface area (Å²) in [6.45, 7) is 5.53. The molecule has 5 nitrogen and oxygen atoms in total. The summed E-state index contributed by atoms with van der Waals surface area (Å²) in [6, 6.07) is 0. The molecule has 0 radical (unpaired) electrons. The van der Waals surface area contributed by atoms with Gasteiger partial charge in [0.25, 0.3) is 0 Å². The van der Waals surface area contributed by atoms with Gasteiger partial charge >= 0.3 is 0 Å². The van der Waals surface area contributed by atoms with Crippen molar-refractivity contribution < 1.29 is 5.11 Å². The van der Waals surface area contributed by atoms with Crippen LogP contribution in [0.25, 0.3) is 5.13 Å². The molecular weight excluding hydrogens is 212 g/mol. The van der Waals surface area contributed by atoms with Crippen molar-refractivity contribution in [3.05, 3.63) is 22.5 Å². The van der Waals surface area contributed by atoms with Crippen LogP contribution in [0.5, 0.6) is 0 Å². The van der Waals surface area contributed by atoms with E-state index in [0.717, 1.165) is 21.4 Å². The van der Waals surface area contributed by atoms with Gasteiger partial charge in [0.1, 0.15) is 5.01 Å². The summed E-state index contributed by atoms with van der Waals surface area (Å²) >= 11 is 1.48. The summed E-state index contributed by atoms with van der Waals surface area (Å²) in [5.74, 6) is 0. The first-order valence-corrected chi connectivity index (χ1v) is 5.44. The molecule has 0 saturated carbocycles. The summed E-state index contributed by atoms with van der Waals surface area (Å²) in [5, 5.41) is 23.2. The van der Waals surface area contributed by atoms with Gasteiger partial charge in [0.2, 0.25) is 5.13 Å². The van der Waals surface area contributed by atoms with Crippen molar-refractivity contribution in [1.29, 1.82) is 0 Å². The van der Waals surface area contributed by atoms with Crippen LogP contribution in [0.4, 0.5) is 0 Å². The lowest BCUT2D eigenvalue weighted by Crippen LogP contribution is -2.00. The van der Waals surface area contributed by atoms with Gasteiger partial charge in [0, 0.05) is 11.3 Å². The van der Waals surface area contributed by atoms with Gasteiger partial charge in [-0.25, -0.2) is 4.68 Å². The summed E-state index contributed by atoms with van der Waals surface area (Å²) in [6.07, 6.45) is 1.16. The van der Waals surface area contributed by atoms with E-state index in [1.165, 1.54) is 11.3 Å². The highest BCUT2D eigenvalue weighted by atomic mass is 32.1. The molecule has 0 fully saturated rings. The third kappa shape index (κ3) is 1.78. The highest BCUT2D eigenvalue weighted by Gasteiger charge is 2.14. The van der Waals surface area contributed by atoms with Gasteiger partial charge in [-0.15, -0.1) is 10.2 Å². The first-order chi connectivity index (χ1) is 7.09. The van der Waals surface area contributed by atoms with Crippen molar-refractivity contribution in [3.8, 4) is 5.13 Å². The van der Waals surface area contributed by atoms with Gasteiger partial charge in [0.15, 0.2) is 0 Å². The average molecular weight is 224 g/mol. The van der Waals surface area contributed by atoms with Gasteiger partial charge in [-0.2, -0.15) is 5.10 Å². The van der Waals surface area contributed by atoms with Gasteiger partial charge < -0.3 is 5.11 Å². The minimum atomic E-state index is -0.507. The topological polar surface area (TPSA) is 63.8 Å². The van der Waals surface area contributed by atoms with Crippen LogP contribution in [0, 0.1) is 13.8 Å². The number of rotatable bonds is 2. The summed E-state index contributed by atoms with van der Waals surface area (Å²) in [4.78, 5) is 0. The highest BCUT2D eigenvalue weighted by Crippen LogP contribution is 2.21. The van der Waals surface area contributed by atoms with Gasteiger partial charge in [-0.1, -0.05) is 11.3 Å². The first kappa shape index (κ1) is 10.3. The first-order valence-electron chi connectivity index (χ1n) is 4.62. The zero-order chi connectivity index (χ0) is 11.0. The Bertz CT molecular complexity index is 474. The minimum Gasteiger partial charge on any atom is -0.389 e. The molecule has 1 N–H and O–H groups in total. The monoisotopic (exact) mass is 224 g/mol. The van der Waals surface area contributed by atoms with E-state index in [2.05, 4.69) is 15.3 Å². The molecule has 0 aromatic carbocycles. The third-order valence-corrected chi connectivity index (χ3v) is 3.01. The molecule has 0 amide bonds. The SMILES string of the molecule is Cc1nnc(-n2ncc(C(C)O)c2C)s1. The van der Waals surface area contributed by atoms with Crippen molar-refractivity contribution >= 4 is 11.3 Å². The van der Waals surface area contributed by atoms with E-state index in [1.54, 1.807) is 17.8 Å². The molecule has 0 spiro atoms. The largest absolute Gasteiger partial charge is 0.389 e.